The zero-order valence-corrected chi connectivity index (χ0v) is 12.6. The first-order valence-electron chi connectivity index (χ1n) is 6.97. The second-order valence-electron chi connectivity index (χ2n) is 4.80. The molecular weight excluding hydrogens is 300 g/mol. The highest BCUT2D eigenvalue weighted by atomic mass is 16.6. The number of carbonyl (C=O) groups is 2. The van der Waals surface area contributed by atoms with Crippen molar-refractivity contribution in [3.05, 3.63) is 18.2 Å². The molecule has 0 radical (unpaired) electrons. The average Bonchev–Trinajstić information content (AvgIpc) is 2.53. The summed E-state index contributed by atoms with van der Waals surface area (Å²) in [6, 6.07) is 6.84. The fraction of sp³-hybridized carbons (Fsp3) is 0.333. The van der Waals surface area contributed by atoms with Gasteiger partial charge < -0.3 is 14.8 Å². The van der Waals surface area contributed by atoms with Crippen LogP contribution in [0.5, 0.6) is 11.5 Å². The van der Waals surface area contributed by atoms with Crippen LogP contribution in [0.1, 0.15) is 19.8 Å². The Hall–Kier alpha value is -3.08. The van der Waals surface area contributed by atoms with Crippen molar-refractivity contribution in [3.8, 4) is 17.6 Å². The molecule has 0 aliphatic carbocycles. The van der Waals surface area contributed by atoms with Gasteiger partial charge in [-0.15, -0.1) is 0 Å². The van der Waals surface area contributed by atoms with Gasteiger partial charge in [-0.3, -0.25) is 9.59 Å². The quantitative estimate of drug-likeness (QED) is 0.626. The van der Waals surface area contributed by atoms with Crippen molar-refractivity contribution >= 4 is 23.2 Å². The summed E-state index contributed by atoms with van der Waals surface area (Å²) in [5.74, 6) is 0.437. The largest absolute Gasteiger partial charge is 0.486 e. The first kappa shape index (κ1) is 16.3. The van der Waals surface area contributed by atoms with Gasteiger partial charge in [0, 0.05) is 17.5 Å². The number of benzene rings is 1. The molecule has 2 N–H and O–H groups in total. The van der Waals surface area contributed by atoms with Gasteiger partial charge in [-0.25, -0.2) is 5.43 Å². The molecule has 0 bridgehead atoms. The molecule has 120 valence electrons. The normalized spacial score (nSPS) is 13.0. The van der Waals surface area contributed by atoms with E-state index in [0.29, 0.717) is 36.1 Å². The summed E-state index contributed by atoms with van der Waals surface area (Å²) in [5, 5.41) is 14.8. The summed E-state index contributed by atoms with van der Waals surface area (Å²) in [7, 11) is 0. The van der Waals surface area contributed by atoms with Crippen LogP contribution in [0.4, 0.5) is 5.69 Å². The van der Waals surface area contributed by atoms with Gasteiger partial charge in [0.1, 0.15) is 19.6 Å². The summed E-state index contributed by atoms with van der Waals surface area (Å²) in [4.78, 5) is 23.0. The Morgan fingerprint density at radius 1 is 1.26 bits per heavy atom. The molecule has 1 aliphatic heterocycles. The predicted octanol–water partition coefficient (Wildman–Crippen LogP) is 1.19. The molecular formula is C15H16N4O4. The second-order valence-corrected chi connectivity index (χ2v) is 4.80. The van der Waals surface area contributed by atoms with Gasteiger partial charge in [-0.2, -0.15) is 10.4 Å². The van der Waals surface area contributed by atoms with E-state index in [9.17, 15) is 9.59 Å². The molecule has 1 aromatic rings. The zero-order valence-electron chi connectivity index (χ0n) is 12.6. The van der Waals surface area contributed by atoms with Crippen molar-refractivity contribution in [1.29, 1.82) is 5.26 Å². The molecule has 1 aliphatic rings. The van der Waals surface area contributed by atoms with Gasteiger partial charge in [-0.1, -0.05) is 0 Å². The summed E-state index contributed by atoms with van der Waals surface area (Å²) >= 11 is 0. The van der Waals surface area contributed by atoms with Crippen molar-refractivity contribution in [1.82, 2.24) is 5.43 Å². The SMILES string of the molecule is C/C(CC(=O)Nc1ccc2c(c1)OCCO2)=N\NC(=O)CC#N. The lowest BCUT2D eigenvalue weighted by Gasteiger charge is -2.19. The molecule has 8 heteroatoms. The molecule has 2 rings (SSSR count). The number of hydrogen-bond donors (Lipinski definition) is 2. The highest BCUT2D eigenvalue weighted by Gasteiger charge is 2.13. The van der Waals surface area contributed by atoms with Gasteiger partial charge in [0.15, 0.2) is 11.5 Å². The third-order valence-corrected chi connectivity index (χ3v) is 2.85. The number of amides is 2. The van der Waals surface area contributed by atoms with E-state index in [4.69, 9.17) is 14.7 Å². The number of carbonyl (C=O) groups excluding carboxylic acids is 2. The van der Waals surface area contributed by atoms with Crippen molar-refractivity contribution in [2.45, 2.75) is 19.8 Å². The Balaban J connectivity index is 1.88. The van der Waals surface area contributed by atoms with Crippen molar-refractivity contribution in [2.75, 3.05) is 18.5 Å². The number of ether oxygens (including phenoxy) is 2. The molecule has 0 fully saturated rings. The standard InChI is InChI=1S/C15H16N4O4/c1-10(18-19-14(20)4-5-16)8-15(21)17-11-2-3-12-13(9-11)23-7-6-22-12/h2-3,9H,4,6-8H2,1H3,(H,17,21)(H,19,20)/b18-10+. The maximum Gasteiger partial charge on any atom is 0.254 e. The fourth-order valence-electron chi connectivity index (χ4n) is 1.87. The van der Waals surface area contributed by atoms with E-state index in [1.54, 1.807) is 31.2 Å². The van der Waals surface area contributed by atoms with Crippen LogP contribution < -0.4 is 20.2 Å². The van der Waals surface area contributed by atoms with Crippen LogP contribution in [0.2, 0.25) is 0 Å². The topological polar surface area (TPSA) is 113 Å². The molecule has 1 aromatic carbocycles. The van der Waals surface area contributed by atoms with E-state index in [1.807, 2.05) is 0 Å². The number of nitrogens with zero attached hydrogens (tertiary/aromatic N) is 2. The van der Waals surface area contributed by atoms with Crippen molar-refractivity contribution in [3.63, 3.8) is 0 Å². The lowest BCUT2D eigenvalue weighted by atomic mass is 10.2. The second kappa shape index (κ2) is 7.79. The van der Waals surface area contributed by atoms with Crippen molar-refractivity contribution < 1.29 is 19.1 Å². The third kappa shape index (κ3) is 5.00. The Kier molecular flexibility index (Phi) is 5.52. The molecule has 0 atom stereocenters. The molecule has 0 aromatic heterocycles. The van der Waals surface area contributed by atoms with E-state index in [-0.39, 0.29) is 18.7 Å². The number of rotatable bonds is 5. The van der Waals surface area contributed by atoms with Crippen LogP contribution in [0.3, 0.4) is 0 Å². The Morgan fingerprint density at radius 2 is 2.00 bits per heavy atom. The first-order chi connectivity index (χ1) is 11.1. The summed E-state index contributed by atoms with van der Waals surface area (Å²) in [5.41, 5.74) is 3.21. The van der Waals surface area contributed by atoms with E-state index < -0.39 is 5.91 Å². The van der Waals surface area contributed by atoms with E-state index in [0.717, 1.165) is 0 Å². The van der Waals surface area contributed by atoms with Crippen LogP contribution in [0.25, 0.3) is 0 Å². The molecule has 0 saturated carbocycles. The van der Waals surface area contributed by atoms with E-state index in [1.165, 1.54) is 0 Å². The zero-order chi connectivity index (χ0) is 16.7. The number of hydrogen-bond acceptors (Lipinski definition) is 6. The van der Waals surface area contributed by atoms with Crippen molar-refractivity contribution in [2.24, 2.45) is 5.10 Å². The van der Waals surface area contributed by atoms with Gasteiger partial charge >= 0.3 is 0 Å². The number of anilines is 1. The number of nitrogens with one attached hydrogen (secondary N) is 2. The minimum Gasteiger partial charge on any atom is -0.486 e. The smallest absolute Gasteiger partial charge is 0.254 e. The molecule has 8 nitrogen and oxygen atoms in total. The first-order valence-corrected chi connectivity index (χ1v) is 6.97. The maximum absolute atomic E-state index is 11.9. The number of fused-ring (bicyclic) bond motifs is 1. The van der Waals surface area contributed by atoms with E-state index in [2.05, 4.69) is 15.8 Å². The Bertz CT molecular complexity index is 679. The van der Waals surface area contributed by atoms with E-state index >= 15 is 0 Å². The van der Waals surface area contributed by atoms with Gasteiger partial charge in [0.2, 0.25) is 5.91 Å². The molecule has 0 unspecified atom stereocenters. The lowest BCUT2D eigenvalue weighted by molar-refractivity contribution is -0.120. The molecule has 2 amide bonds. The molecule has 23 heavy (non-hydrogen) atoms. The predicted molar refractivity (Wildman–Crippen MR) is 82.2 cm³/mol. The minimum atomic E-state index is -0.515. The van der Waals surface area contributed by atoms with Crippen LogP contribution in [0.15, 0.2) is 23.3 Å². The molecule has 0 spiro atoms. The maximum atomic E-state index is 11.9. The number of hydrazone groups is 1. The molecule has 0 saturated heterocycles. The molecule has 1 heterocycles. The minimum absolute atomic E-state index is 0.0152. The highest BCUT2D eigenvalue weighted by Crippen LogP contribution is 2.32. The fourth-order valence-corrected chi connectivity index (χ4v) is 1.87. The van der Waals surface area contributed by atoms with Crippen LogP contribution >= 0.6 is 0 Å². The van der Waals surface area contributed by atoms with Crippen LogP contribution in [0, 0.1) is 11.3 Å². The summed E-state index contributed by atoms with van der Waals surface area (Å²) in [6.07, 6.45) is -0.262. The Labute approximate surface area is 133 Å². The Morgan fingerprint density at radius 3 is 2.74 bits per heavy atom. The highest BCUT2D eigenvalue weighted by molar-refractivity contribution is 6.05. The van der Waals surface area contributed by atoms with Gasteiger partial charge in [0.05, 0.1) is 12.5 Å². The lowest BCUT2D eigenvalue weighted by Crippen LogP contribution is -2.21. The third-order valence-electron chi connectivity index (χ3n) is 2.85. The van der Waals surface area contributed by atoms with Gasteiger partial charge in [0.25, 0.3) is 5.91 Å². The van der Waals surface area contributed by atoms with Crippen LogP contribution in [-0.2, 0) is 9.59 Å². The van der Waals surface area contributed by atoms with Gasteiger partial charge in [-0.05, 0) is 19.1 Å². The summed E-state index contributed by atoms with van der Waals surface area (Å²) < 4.78 is 10.8. The summed E-state index contributed by atoms with van der Waals surface area (Å²) in [6.45, 7) is 2.58. The average molecular weight is 316 g/mol. The number of nitriles is 1. The van der Waals surface area contributed by atoms with Crippen LogP contribution in [-0.4, -0.2) is 30.7 Å². The monoisotopic (exact) mass is 316 g/mol.